The summed E-state index contributed by atoms with van der Waals surface area (Å²) < 4.78 is 5.19. The van der Waals surface area contributed by atoms with Gasteiger partial charge in [0.15, 0.2) is 0 Å². The fourth-order valence-corrected chi connectivity index (χ4v) is 1.95. The minimum Gasteiger partial charge on any atom is -0.386 e. The molecule has 1 fully saturated rings. The van der Waals surface area contributed by atoms with E-state index in [0.29, 0.717) is 32.8 Å². The van der Waals surface area contributed by atoms with Gasteiger partial charge in [0.25, 0.3) is 5.91 Å². The van der Waals surface area contributed by atoms with Crippen LogP contribution in [0.3, 0.4) is 0 Å². The van der Waals surface area contributed by atoms with Gasteiger partial charge in [-0.1, -0.05) is 30.3 Å². The van der Waals surface area contributed by atoms with Gasteiger partial charge < -0.3 is 15.0 Å². The second-order valence-electron chi connectivity index (χ2n) is 4.44. The highest BCUT2D eigenvalue weighted by atomic mass is 16.5. The highest BCUT2D eigenvalue weighted by Crippen LogP contribution is 2.04. The van der Waals surface area contributed by atoms with Crippen LogP contribution in [0.25, 0.3) is 0 Å². The maximum Gasteiger partial charge on any atom is 0.266 e. The summed E-state index contributed by atoms with van der Waals surface area (Å²) in [7, 11) is 0. The zero-order valence-electron chi connectivity index (χ0n) is 11.2. The molecule has 1 aromatic carbocycles. The number of nitriles is 1. The summed E-state index contributed by atoms with van der Waals surface area (Å²) >= 11 is 0. The maximum atomic E-state index is 12.1. The molecule has 5 nitrogen and oxygen atoms in total. The lowest BCUT2D eigenvalue weighted by Gasteiger charge is -2.26. The third kappa shape index (κ3) is 3.84. The number of amides is 1. The van der Waals surface area contributed by atoms with E-state index in [4.69, 9.17) is 10.00 Å². The topological polar surface area (TPSA) is 65.4 Å². The third-order valence-corrected chi connectivity index (χ3v) is 3.04. The molecule has 1 heterocycles. The average Bonchev–Trinajstić information content (AvgIpc) is 2.53. The Morgan fingerprint density at radius 3 is 2.70 bits per heavy atom. The Bertz CT molecular complexity index is 514. The van der Waals surface area contributed by atoms with Gasteiger partial charge in [-0.05, 0) is 5.56 Å². The van der Waals surface area contributed by atoms with Crippen molar-refractivity contribution in [2.75, 3.05) is 26.3 Å². The zero-order chi connectivity index (χ0) is 14.2. The van der Waals surface area contributed by atoms with E-state index < -0.39 is 0 Å². The number of nitrogens with one attached hydrogen (secondary N) is 1. The van der Waals surface area contributed by atoms with Crippen molar-refractivity contribution >= 4 is 5.91 Å². The maximum absolute atomic E-state index is 12.1. The molecule has 0 atom stereocenters. The Labute approximate surface area is 118 Å². The molecule has 1 amide bonds. The smallest absolute Gasteiger partial charge is 0.266 e. The van der Waals surface area contributed by atoms with Crippen LogP contribution in [0.5, 0.6) is 0 Å². The average molecular weight is 271 g/mol. The van der Waals surface area contributed by atoms with Gasteiger partial charge in [0, 0.05) is 25.8 Å². The minimum absolute atomic E-state index is 0.128. The molecule has 1 aliphatic heterocycles. The van der Waals surface area contributed by atoms with Crippen molar-refractivity contribution in [3.63, 3.8) is 0 Å². The molecular formula is C15H17N3O2. The van der Waals surface area contributed by atoms with Crippen LogP contribution in [-0.4, -0.2) is 37.1 Å². The minimum atomic E-state index is -0.239. The van der Waals surface area contributed by atoms with Gasteiger partial charge in [0.05, 0.1) is 13.2 Å². The van der Waals surface area contributed by atoms with Crippen LogP contribution < -0.4 is 5.32 Å². The number of benzene rings is 1. The molecule has 0 bridgehead atoms. The van der Waals surface area contributed by atoms with Crippen molar-refractivity contribution in [2.45, 2.75) is 6.54 Å². The van der Waals surface area contributed by atoms with Crippen LogP contribution in [0.4, 0.5) is 0 Å². The Balaban J connectivity index is 1.92. The monoisotopic (exact) mass is 271 g/mol. The molecule has 0 aromatic heterocycles. The standard InChI is InChI=1S/C15H17N3O2/c16-10-14(15(19)18-6-8-20-9-7-18)12-17-11-13-4-2-1-3-5-13/h1-5,12,17H,6-9,11H2/b14-12-. The quantitative estimate of drug-likeness (QED) is 0.656. The molecule has 1 aromatic rings. The van der Waals surface area contributed by atoms with E-state index >= 15 is 0 Å². The van der Waals surface area contributed by atoms with E-state index in [9.17, 15) is 4.79 Å². The number of carbonyl (C=O) groups is 1. The van der Waals surface area contributed by atoms with E-state index in [2.05, 4.69) is 5.32 Å². The SMILES string of the molecule is N#C/C(=C/NCc1ccccc1)C(=O)N1CCOCC1. The fraction of sp³-hybridized carbons (Fsp3) is 0.333. The number of ether oxygens (including phenoxy) is 1. The summed E-state index contributed by atoms with van der Waals surface area (Å²) in [5, 5.41) is 12.1. The van der Waals surface area contributed by atoms with Crippen LogP contribution in [-0.2, 0) is 16.1 Å². The molecule has 20 heavy (non-hydrogen) atoms. The zero-order valence-corrected chi connectivity index (χ0v) is 11.2. The summed E-state index contributed by atoms with van der Waals surface area (Å²) in [5.74, 6) is -0.239. The van der Waals surface area contributed by atoms with Crippen LogP contribution in [0.2, 0.25) is 0 Å². The second kappa shape index (κ2) is 7.31. The van der Waals surface area contributed by atoms with E-state index in [0.717, 1.165) is 5.56 Å². The Morgan fingerprint density at radius 2 is 2.05 bits per heavy atom. The van der Waals surface area contributed by atoms with Crippen LogP contribution in [0, 0.1) is 11.3 Å². The predicted molar refractivity (Wildman–Crippen MR) is 74.4 cm³/mol. The Morgan fingerprint density at radius 1 is 1.35 bits per heavy atom. The second-order valence-corrected chi connectivity index (χ2v) is 4.44. The van der Waals surface area contributed by atoms with Crippen molar-refractivity contribution in [1.82, 2.24) is 10.2 Å². The molecule has 1 N–H and O–H groups in total. The first-order valence-electron chi connectivity index (χ1n) is 6.56. The van der Waals surface area contributed by atoms with E-state index in [1.807, 2.05) is 36.4 Å². The van der Waals surface area contributed by atoms with Gasteiger partial charge in [0.2, 0.25) is 0 Å². The van der Waals surface area contributed by atoms with Crippen molar-refractivity contribution in [1.29, 1.82) is 5.26 Å². The molecule has 0 saturated carbocycles. The van der Waals surface area contributed by atoms with E-state index in [1.54, 1.807) is 4.90 Å². The first-order valence-corrected chi connectivity index (χ1v) is 6.56. The lowest BCUT2D eigenvalue weighted by atomic mass is 10.2. The molecule has 0 aliphatic carbocycles. The molecule has 0 radical (unpaired) electrons. The normalized spacial score (nSPS) is 15.6. The largest absolute Gasteiger partial charge is 0.386 e. The number of hydrogen-bond acceptors (Lipinski definition) is 4. The van der Waals surface area contributed by atoms with Gasteiger partial charge in [-0.25, -0.2) is 0 Å². The Kier molecular flexibility index (Phi) is 5.15. The van der Waals surface area contributed by atoms with Crippen molar-refractivity contribution in [3.8, 4) is 6.07 Å². The lowest BCUT2D eigenvalue weighted by molar-refractivity contribution is -0.130. The van der Waals surface area contributed by atoms with Gasteiger partial charge in [-0.2, -0.15) is 5.26 Å². The van der Waals surface area contributed by atoms with Gasteiger partial charge in [0.1, 0.15) is 11.6 Å². The number of carbonyl (C=O) groups excluding carboxylic acids is 1. The van der Waals surface area contributed by atoms with Crippen molar-refractivity contribution < 1.29 is 9.53 Å². The highest BCUT2D eigenvalue weighted by molar-refractivity contribution is 5.97. The highest BCUT2D eigenvalue weighted by Gasteiger charge is 2.20. The Hall–Kier alpha value is -2.32. The molecule has 104 valence electrons. The van der Waals surface area contributed by atoms with E-state index in [1.165, 1.54) is 6.20 Å². The molecule has 0 spiro atoms. The van der Waals surface area contributed by atoms with E-state index in [-0.39, 0.29) is 11.5 Å². The summed E-state index contributed by atoms with van der Waals surface area (Å²) in [6.07, 6.45) is 1.49. The first-order chi connectivity index (χ1) is 9.81. The van der Waals surface area contributed by atoms with Gasteiger partial charge >= 0.3 is 0 Å². The molecular weight excluding hydrogens is 254 g/mol. The summed E-state index contributed by atoms with van der Waals surface area (Å²) in [4.78, 5) is 13.8. The molecule has 5 heteroatoms. The lowest BCUT2D eigenvalue weighted by Crippen LogP contribution is -2.41. The van der Waals surface area contributed by atoms with Crippen molar-refractivity contribution in [2.24, 2.45) is 0 Å². The van der Waals surface area contributed by atoms with Crippen LogP contribution in [0.1, 0.15) is 5.56 Å². The fourth-order valence-electron chi connectivity index (χ4n) is 1.95. The third-order valence-electron chi connectivity index (χ3n) is 3.04. The number of nitrogens with zero attached hydrogens (tertiary/aromatic N) is 2. The number of hydrogen-bond donors (Lipinski definition) is 1. The molecule has 1 aliphatic rings. The summed E-state index contributed by atoms with van der Waals surface area (Å²) in [6, 6.07) is 11.8. The number of rotatable bonds is 4. The van der Waals surface area contributed by atoms with Gasteiger partial charge in [-0.15, -0.1) is 0 Å². The van der Waals surface area contributed by atoms with Crippen LogP contribution >= 0.6 is 0 Å². The predicted octanol–water partition coefficient (Wildman–Crippen LogP) is 1.04. The summed E-state index contributed by atoms with van der Waals surface area (Å²) in [5.41, 5.74) is 1.22. The summed E-state index contributed by atoms with van der Waals surface area (Å²) in [6.45, 7) is 2.72. The number of morpholine rings is 1. The van der Waals surface area contributed by atoms with Gasteiger partial charge in [-0.3, -0.25) is 4.79 Å². The molecule has 0 unspecified atom stereocenters. The first kappa shape index (κ1) is 14.1. The molecule has 2 rings (SSSR count). The van der Waals surface area contributed by atoms with Crippen molar-refractivity contribution in [3.05, 3.63) is 47.7 Å². The molecule has 1 saturated heterocycles. The van der Waals surface area contributed by atoms with Crippen LogP contribution in [0.15, 0.2) is 42.1 Å².